The number of nitrogens with zero attached hydrogens (tertiary/aromatic N) is 1. The predicted octanol–water partition coefficient (Wildman–Crippen LogP) is 1.74. The summed E-state index contributed by atoms with van der Waals surface area (Å²) in [5.74, 6) is 0. The van der Waals surface area contributed by atoms with Gasteiger partial charge in [-0.25, -0.2) is 0 Å². The third kappa shape index (κ3) is 4.76. The van der Waals surface area contributed by atoms with Crippen molar-refractivity contribution in [3.8, 4) is 0 Å². The molecule has 0 saturated heterocycles. The summed E-state index contributed by atoms with van der Waals surface area (Å²) < 4.78 is 5.01. The summed E-state index contributed by atoms with van der Waals surface area (Å²) in [5, 5.41) is 23.3. The van der Waals surface area contributed by atoms with Gasteiger partial charge in [-0.2, -0.15) is 0 Å². The van der Waals surface area contributed by atoms with Crippen molar-refractivity contribution in [1.29, 1.82) is 0 Å². The summed E-state index contributed by atoms with van der Waals surface area (Å²) in [6.45, 7) is 0.689. The smallest absolute Gasteiger partial charge is 0.275 e. The van der Waals surface area contributed by atoms with Gasteiger partial charge in [0, 0.05) is 32.4 Å². The van der Waals surface area contributed by atoms with E-state index in [1.165, 1.54) is 6.07 Å². The molecule has 0 heterocycles. The molecule has 0 aliphatic heterocycles. The highest BCUT2D eigenvalue weighted by Gasteiger charge is 2.17. The van der Waals surface area contributed by atoms with Gasteiger partial charge in [0.05, 0.1) is 22.1 Å². The second kappa shape index (κ2) is 8.06. The molecule has 0 aliphatic rings. The normalized spacial score (nSPS) is 12.4. The van der Waals surface area contributed by atoms with Crippen LogP contribution in [0.2, 0.25) is 5.02 Å². The number of aliphatic hydroxyl groups is 1. The quantitative estimate of drug-likeness (QED) is 0.562. The molecule has 1 aromatic rings. The zero-order chi connectivity index (χ0) is 14.3. The third-order valence-corrected chi connectivity index (χ3v) is 3.06. The Labute approximate surface area is 116 Å². The molecule has 0 spiro atoms. The van der Waals surface area contributed by atoms with Crippen molar-refractivity contribution in [2.75, 3.05) is 20.3 Å². The fourth-order valence-electron chi connectivity index (χ4n) is 1.74. The summed E-state index contributed by atoms with van der Waals surface area (Å²) in [7, 11) is 1.56. The highest BCUT2D eigenvalue weighted by molar-refractivity contribution is 6.31. The molecule has 0 fully saturated rings. The molecule has 0 amide bonds. The fraction of sp³-hybridized carbons (Fsp3) is 0.500. The van der Waals surface area contributed by atoms with E-state index in [-0.39, 0.29) is 24.9 Å². The lowest BCUT2D eigenvalue weighted by molar-refractivity contribution is -0.385. The number of nitro groups is 1. The maximum absolute atomic E-state index is 10.9. The molecule has 1 rings (SSSR count). The van der Waals surface area contributed by atoms with Gasteiger partial charge >= 0.3 is 0 Å². The number of hydrogen-bond donors (Lipinski definition) is 2. The molecule has 1 aromatic carbocycles. The van der Waals surface area contributed by atoms with Gasteiger partial charge in [-0.15, -0.1) is 0 Å². The zero-order valence-corrected chi connectivity index (χ0v) is 11.4. The number of ether oxygens (including phenoxy) is 1. The highest BCUT2D eigenvalue weighted by atomic mass is 35.5. The zero-order valence-electron chi connectivity index (χ0n) is 10.6. The molecule has 106 valence electrons. The summed E-state index contributed by atoms with van der Waals surface area (Å²) in [4.78, 5) is 10.5. The summed E-state index contributed by atoms with van der Waals surface area (Å²) >= 11 is 5.99. The molecule has 2 N–H and O–H groups in total. The summed E-state index contributed by atoms with van der Waals surface area (Å²) in [6.07, 6.45) is 0.506. The van der Waals surface area contributed by atoms with E-state index in [4.69, 9.17) is 21.4 Å². The first-order chi connectivity index (χ1) is 9.10. The molecule has 7 heteroatoms. The summed E-state index contributed by atoms with van der Waals surface area (Å²) in [6, 6.07) is 4.50. The Morgan fingerprint density at radius 2 is 2.32 bits per heavy atom. The van der Waals surface area contributed by atoms with Gasteiger partial charge in [-0.3, -0.25) is 10.1 Å². The minimum absolute atomic E-state index is 0.0137. The van der Waals surface area contributed by atoms with E-state index in [1.54, 1.807) is 19.2 Å². The number of rotatable bonds is 8. The van der Waals surface area contributed by atoms with Gasteiger partial charge in [-0.05, 0) is 12.5 Å². The number of benzene rings is 1. The van der Waals surface area contributed by atoms with E-state index in [1.807, 2.05) is 0 Å². The first-order valence-corrected chi connectivity index (χ1v) is 6.23. The van der Waals surface area contributed by atoms with Gasteiger partial charge in [-0.1, -0.05) is 17.7 Å². The Kier molecular flexibility index (Phi) is 6.72. The van der Waals surface area contributed by atoms with Crippen molar-refractivity contribution < 1.29 is 14.8 Å². The third-order valence-electron chi connectivity index (χ3n) is 2.70. The van der Waals surface area contributed by atoms with Crippen molar-refractivity contribution in [2.24, 2.45) is 0 Å². The Bertz CT molecular complexity index is 422. The molecule has 1 atom stereocenters. The Hall–Kier alpha value is -1.21. The number of methoxy groups -OCH3 is 1. The largest absolute Gasteiger partial charge is 0.396 e. The molecule has 0 aromatic heterocycles. The average molecular weight is 289 g/mol. The van der Waals surface area contributed by atoms with Crippen LogP contribution in [0.1, 0.15) is 12.0 Å². The molecule has 0 bridgehead atoms. The summed E-state index contributed by atoms with van der Waals surface area (Å²) in [5.41, 5.74) is 0.424. The Balaban J connectivity index is 2.78. The van der Waals surface area contributed by atoms with Crippen LogP contribution in [-0.4, -0.2) is 36.4 Å². The van der Waals surface area contributed by atoms with Crippen LogP contribution in [0.5, 0.6) is 0 Å². The molecule has 0 radical (unpaired) electrons. The van der Waals surface area contributed by atoms with Crippen molar-refractivity contribution in [2.45, 2.75) is 19.0 Å². The van der Waals surface area contributed by atoms with Gasteiger partial charge in [0.2, 0.25) is 0 Å². The standard InChI is InChI=1S/C12H17ClN2O4/c1-19-8-9(5-6-16)14-7-10-11(13)3-2-4-12(10)15(17)18/h2-4,9,14,16H,5-8H2,1H3. The molecule has 0 saturated carbocycles. The van der Waals surface area contributed by atoms with Crippen LogP contribution >= 0.6 is 11.6 Å². The SMILES string of the molecule is COCC(CCO)NCc1c(Cl)cccc1[N+](=O)[O-]. The lowest BCUT2D eigenvalue weighted by atomic mass is 10.1. The lowest BCUT2D eigenvalue weighted by Gasteiger charge is -2.17. The van der Waals surface area contributed by atoms with E-state index < -0.39 is 4.92 Å². The lowest BCUT2D eigenvalue weighted by Crippen LogP contribution is -2.33. The molecular formula is C12H17ClN2O4. The predicted molar refractivity (Wildman–Crippen MR) is 72.3 cm³/mol. The van der Waals surface area contributed by atoms with E-state index in [2.05, 4.69) is 5.32 Å². The maximum atomic E-state index is 10.9. The first kappa shape index (κ1) is 15.8. The van der Waals surface area contributed by atoms with Crippen LogP contribution in [0.15, 0.2) is 18.2 Å². The number of hydrogen-bond acceptors (Lipinski definition) is 5. The fourth-order valence-corrected chi connectivity index (χ4v) is 1.98. The van der Waals surface area contributed by atoms with Crippen LogP contribution in [0.4, 0.5) is 5.69 Å². The van der Waals surface area contributed by atoms with Crippen LogP contribution in [-0.2, 0) is 11.3 Å². The van der Waals surface area contributed by atoms with Crippen molar-refractivity contribution >= 4 is 17.3 Å². The van der Waals surface area contributed by atoms with Crippen LogP contribution in [0, 0.1) is 10.1 Å². The van der Waals surface area contributed by atoms with E-state index in [9.17, 15) is 10.1 Å². The molecule has 0 aliphatic carbocycles. The van der Waals surface area contributed by atoms with Crippen molar-refractivity contribution in [1.82, 2.24) is 5.32 Å². The van der Waals surface area contributed by atoms with E-state index in [0.717, 1.165) is 0 Å². The minimum atomic E-state index is -0.458. The highest BCUT2D eigenvalue weighted by Crippen LogP contribution is 2.26. The van der Waals surface area contributed by atoms with E-state index in [0.29, 0.717) is 23.6 Å². The van der Waals surface area contributed by atoms with Gasteiger partial charge < -0.3 is 15.2 Å². The minimum Gasteiger partial charge on any atom is -0.396 e. The molecule has 1 unspecified atom stereocenters. The van der Waals surface area contributed by atoms with Crippen LogP contribution in [0.3, 0.4) is 0 Å². The maximum Gasteiger partial charge on any atom is 0.275 e. The van der Waals surface area contributed by atoms with Gasteiger partial charge in [0.1, 0.15) is 0 Å². The Morgan fingerprint density at radius 3 is 2.89 bits per heavy atom. The molecular weight excluding hydrogens is 272 g/mol. The second-order valence-electron chi connectivity index (χ2n) is 4.04. The first-order valence-electron chi connectivity index (χ1n) is 5.85. The Morgan fingerprint density at radius 1 is 1.58 bits per heavy atom. The van der Waals surface area contributed by atoms with Crippen molar-refractivity contribution in [3.05, 3.63) is 38.9 Å². The monoisotopic (exact) mass is 288 g/mol. The van der Waals surface area contributed by atoms with Crippen molar-refractivity contribution in [3.63, 3.8) is 0 Å². The second-order valence-corrected chi connectivity index (χ2v) is 4.45. The number of nitrogens with one attached hydrogen (secondary N) is 1. The number of nitro benzene ring substituents is 1. The topological polar surface area (TPSA) is 84.6 Å². The number of aliphatic hydroxyl groups excluding tert-OH is 1. The average Bonchev–Trinajstić information content (AvgIpc) is 2.37. The van der Waals surface area contributed by atoms with Gasteiger partial charge in [0.15, 0.2) is 0 Å². The molecule has 6 nitrogen and oxygen atoms in total. The van der Waals surface area contributed by atoms with Gasteiger partial charge in [0.25, 0.3) is 5.69 Å². The van der Waals surface area contributed by atoms with E-state index >= 15 is 0 Å². The van der Waals surface area contributed by atoms with Crippen LogP contribution < -0.4 is 5.32 Å². The number of halogens is 1. The molecule has 19 heavy (non-hydrogen) atoms. The van der Waals surface area contributed by atoms with Crippen LogP contribution in [0.25, 0.3) is 0 Å².